The van der Waals surface area contributed by atoms with E-state index in [0.29, 0.717) is 22.5 Å². The summed E-state index contributed by atoms with van der Waals surface area (Å²) in [6.45, 7) is 4.67. The SMILES string of the molecule is CCNc1nc(C)cc(Nc2c(Cl)ccc3nsnc23)n1. The molecule has 0 spiro atoms. The number of nitrogens with one attached hydrogen (secondary N) is 2. The van der Waals surface area contributed by atoms with Gasteiger partial charge in [0.1, 0.15) is 16.9 Å². The van der Waals surface area contributed by atoms with Crippen molar-refractivity contribution in [3.05, 3.63) is 28.9 Å². The summed E-state index contributed by atoms with van der Waals surface area (Å²) in [5.41, 5.74) is 3.13. The Kier molecular flexibility index (Phi) is 3.85. The van der Waals surface area contributed by atoms with Crippen molar-refractivity contribution >= 4 is 51.8 Å². The summed E-state index contributed by atoms with van der Waals surface area (Å²) in [7, 11) is 0. The van der Waals surface area contributed by atoms with E-state index < -0.39 is 0 Å². The van der Waals surface area contributed by atoms with E-state index in [2.05, 4.69) is 29.3 Å². The topological polar surface area (TPSA) is 75.6 Å². The van der Waals surface area contributed by atoms with Gasteiger partial charge in [0.2, 0.25) is 5.95 Å². The van der Waals surface area contributed by atoms with E-state index >= 15 is 0 Å². The van der Waals surface area contributed by atoms with Crippen molar-refractivity contribution in [3.63, 3.8) is 0 Å². The van der Waals surface area contributed by atoms with E-state index in [1.807, 2.05) is 26.0 Å². The number of benzene rings is 1. The Bertz CT molecular complexity index is 787. The highest BCUT2D eigenvalue weighted by Gasteiger charge is 2.11. The molecular formula is C13H13ClN6S. The molecule has 2 aromatic heterocycles. The first-order valence-electron chi connectivity index (χ1n) is 6.44. The van der Waals surface area contributed by atoms with Crippen LogP contribution in [0.3, 0.4) is 0 Å². The number of rotatable bonds is 4. The number of fused-ring (bicyclic) bond motifs is 1. The molecule has 3 rings (SSSR count). The smallest absolute Gasteiger partial charge is 0.224 e. The van der Waals surface area contributed by atoms with Crippen molar-refractivity contribution in [2.24, 2.45) is 0 Å². The van der Waals surface area contributed by atoms with Crippen LogP contribution in [0, 0.1) is 6.92 Å². The number of halogens is 1. The molecule has 21 heavy (non-hydrogen) atoms. The Labute approximate surface area is 130 Å². The van der Waals surface area contributed by atoms with E-state index in [1.54, 1.807) is 6.07 Å². The predicted octanol–water partition coefficient (Wildman–Crippen LogP) is 3.62. The molecule has 0 unspecified atom stereocenters. The molecule has 0 aliphatic carbocycles. The van der Waals surface area contributed by atoms with Gasteiger partial charge < -0.3 is 10.6 Å². The van der Waals surface area contributed by atoms with Crippen molar-refractivity contribution in [3.8, 4) is 0 Å². The summed E-state index contributed by atoms with van der Waals surface area (Å²) >= 11 is 7.42. The lowest BCUT2D eigenvalue weighted by Gasteiger charge is -2.10. The van der Waals surface area contributed by atoms with Crippen molar-refractivity contribution in [2.45, 2.75) is 13.8 Å². The first-order valence-corrected chi connectivity index (χ1v) is 7.55. The Morgan fingerprint density at radius 3 is 2.90 bits per heavy atom. The standard InChI is InChI=1S/C13H13ClN6S/c1-3-15-13-16-7(2)6-10(18-13)17-11-8(14)4-5-9-12(11)20-21-19-9/h4-6H,3H2,1-2H3,(H2,15,16,17,18). The second kappa shape index (κ2) is 5.79. The molecule has 0 aliphatic heterocycles. The Hall–Kier alpha value is -1.99. The van der Waals surface area contributed by atoms with Gasteiger partial charge in [0, 0.05) is 18.3 Å². The lowest BCUT2D eigenvalue weighted by atomic mass is 10.2. The number of aromatic nitrogens is 4. The molecule has 3 aromatic rings. The van der Waals surface area contributed by atoms with Crippen LogP contribution in [0.25, 0.3) is 11.0 Å². The minimum Gasteiger partial charge on any atom is -0.354 e. The fourth-order valence-corrected chi connectivity index (χ4v) is 2.69. The Morgan fingerprint density at radius 1 is 1.24 bits per heavy atom. The fraction of sp³-hybridized carbons (Fsp3) is 0.231. The van der Waals surface area contributed by atoms with Gasteiger partial charge in [-0.15, -0.1) is 0 Å². The summed E-state index contributed by atoms with van der Waals surface area (Å²) in [6, 6.07) is 5.50. The number of nitrogens with zero attached hydrogens (tertiary/aromatic N) is 4. The van der Waals surface area contributed by atoms with Crippen molar-refractivity contribution in [1.29, 1.82) is 0 Å². The third-order valence-electron chi connectivity index (χ3n) is 2.82. The van der Waals surface area contributed by atoms with Gasteiger partial charge in [0.15, 0.2) is 0 Å². The van der Waals surface area contributed by atoms with Gasteiger partial charge in [-0.3, -0.25) is 0 Å². The molecule has 0 saturated carbocycles. The fourth-order valence-electron chi connectivity index (χ4n) is 1.94. The van der Waals surface area contributed by atoms with E-state index in [-0.39, 0.29) is 0 Å². The van der Waals surface area contributed by atoms with E-state index in [9.17, 15) is 0 Å². The molecule has 6 nitrogen and oxygen atoms in total. The molecule has 0 radical (unpaired) electrons. The molecule has 108 valence electrons. The predicted molar refractivity (Wildman–Crippen MR) is 86.6 cm³/mol. The van der Waals surface area contributed by atoms with E-state index in [1.165, 1.54) is 0 Å². The van der Waals surface area contributed by atoms with Gasteiger partial charge in [-0.05, 0) is 26.0 Å². The van der Waals surface area contributed by atoms with Crippen LogP contribution in [-0.4, -0.2) is 25.3 Å². The van der Waals surface area contributed by atoms with E-state index in [0.717, 1.165) is 35.0 Å². The van der Waals surface area contributed by atoms with Crippen LogP contribution in [0.1, 0.15) is 12.6 Å². The van der Waals surface area contributed by atoms with Gasteiger partial charge in [0.25, 0.3) is 0 Å². The highest BCUT2D eigenvalue weighted by molar-refractivity contribution is 7.00. The van der Waals surface area contributed by atoms with Crippen molar-refractivity contribution in [1.82, 2.24) is 18.7 Å². The van der Waals surface area contributed by atoms with E-state index in [4.69, 9.17) is 11.6 Å². The van der Waals surface area contributed by atoms with Crippen molar-refractivity contribution < 1.29 is 0 Å². The van der Waals surface area contributed by atoms with Gasteiger partial charge in [0.05, 0.1) is 22.4 Å². The maximum Gasteiger partial charge on any atom is 0.224 e. The number of hydrogen-bond acceptors (Lipinski definition) is 7. The summed E-state index contributed by atoms with van der Waals surface area (Å²) in [5, 5.41) is 6.90. The third kappa shape index (κ3) is 2.88. The summed E-state index contributed by atoms with van der Waals surface area (Å²) < 4.78 is 8.49. The Morgan fingerprint density at radius 2 is 2.10 bits per heavy atom. The summed E-state index contributed by atoms with van der Waals surface area (Å²) in [5.74, 6) is 1.25. The summed E-state index contributed by atoms with van der Waals surface area (Å²) in [6.07, 6.45) is 0. The molecule has 1 aromatic carbocycles. The second-order valence-corrected chi connectivity index (χ2v) is 5.36. The average molecular weight is 321 g/mol. The van der Waals surface area contributed by atoms with Crippen LogP contribution in [-0.2, 0) is 0 Å². The van der Waals surface area contributed by atoms with Crippen LogP contribution in [0.5, 0.6) is 0 Å². The lowest BCUT2D eigenvalue weighted by Crippen LogP contribution is -2.05. The molecule has 8 heteroatoms. The quantitative estimate of drug-likeness (QED) is 0.764. The van der Waals surface area contributed by atoms with Gasteiger partial charge in [-0.1, -0.05) is 11.6 Å². The highest BCUT2D eigenvalue weighted by Crippen LogP contribution is 2.32. The van der Waals surface area contributed by atoms with Gasteiger partial charge in [-0.2, -0.15) is 13.7 Å². The molecule has 0 saturated heterocycles. The van der Waals surface area contributed by atoms with Gasteiger partial charge in [-0.25, -0.2) is 4.98 Å². The average Bonchev–Trinajstić information content (AvgIpc) is 2.90. The molecule has 0 aliphatic rings. The number of anilines is 3. The van der Waals surface area contributed by atoms with Crippen LogP contribution >= 0.6 is 23.3 Å². The van der Waals surface area contributed by atoms with Crippen LogP contribution in [0.4, 0.5) is 17.5 Å². The molecule has 2 N–H and O–H groups in total. The number of aryl methyl sites for hydroxylation is 1. The minimum absolute atomic E-state index is 0.580. The number of hydrogen-bond donors (Lipinski definition) is 2. The zero-order valence-electron chi connectivity index (χ0n) is 11.5. The Balaban J connectivity index is 2.02. The molecule has 2 heterocycles. The molecule has 0 fully saturated rings. The first-order chi connectivity index (χ1) is 10.2. The maximum absolute atomic E-state index is 6.27. The first kappa shape index (κ1) is 14.0. The molecule has 0 bridgehead atoms. The van der Waals surface area contributed by atoms with Crippen LogP contribution in [0.2, 0.25) is 5.02 Å². The maximum atomic E-state index is 6.27. The van der Waals surface area contributed by atoms with Crippen LogP contribution in [0.15, 0.2) is 18.2 Å². The second-order valence-electron chi connectivity index (χ2n) is 4.43. The lowest BCUT2D eigenvalue weighted by molar-refractivity contribution is 1.05. The molecular weight excluding hydrogens is 308 g/mol. The highest BCUT2D eigenvalue weighted by atomic mass is 35.5. The summed E-state index contributed by atoms with van der Waals surface area (Å²) in [4.78, 5) is 8.73. The minimum atomic E-state index is 0.580. The monoisotopic (exact) mass is 320 g/mol. The zero-order valence-corrected chi connectivity index (χ0v) is 13.1. The van der Waals surface area contributed by atoms with Crippen molar-refractivity contribution in [2.75, 3.05) is 17.2 Å². The normalized spacial score (nSPS) is 10.8. The van der Waals surface area contributed by atoms with Gasteiger partial charge >= 0.3 is 0 Å². The molecule has 0 amide bonds. The molecule has 0 atom stereocenters. The van der Waals surface area contributed by atoms with Crippen LogP contribution < -0.4 is 10.6 Å². The largest absolute Gasteiger partial charge is 0.354 e. The third-order valence-corrected chi connectivity index (χ3v) is 3.68. The zero-order chi connectivity index (χ0) is 14.8.